The first-order valence-electron chi connectivity index (χ1n) is 13.7. The summed E-state index contributed by atoms with van der Waals surface area (Å²) in [6, 6.07) is 11.7. The van der Waals surface area contributed by atoms with Gasteiger partial charge in [0.2, 0.25) is 12.0 Å². The van der Waals surface area contributed by atoms with E-state index in [1.54, 1.807) is 41.0 Å². The van der Waals surface area contributed by atoms with E-state index in [1.165, 1.54) is 13.1 Å². The van der Waals surface area contributed by atoms with Gasteiger partial charge >= 0.3 is 0 Å². The van der Waals surface area contributed by atoms with Crippen LogP contribution in [0.1, 0.15) is 73.9 Å². The molecule has 5 N–H and O–H groups in total. The van der Waals surface area contributed by atoms with E-state index in [-0.39, 0.29) is 23.9 Å². The van der Waals surface area contributed by atoms with Crippen LogP contribution in [0, 0.1) is 16.6 Å². The summed E-state index contributed by atoms with van der Waals surface area (Å²) >= 11 is 0. The zero-order chi connectivity index (χ0) is 28.8. The molecule has 2 aromatic carbocycles. The number of benzene rings is 2. The molecule has 0 radical (unpaired) electrons. The van der Waals surface area contributed by atoms with Gasteiger partial charge in [-0.15, -0.1) is 0 Å². The van der Waals surface area contributed by atoms with Gasteiger partial charge in [-0.25, -0.2) is 9.38 Å². The first-order chi connectivity index (χ1) is 19.3. The second-order valence-electron chi connectivity index (χ2n) is 10.2. The highest BCUT2D eigenvalue weighted by molar-refractivity contribution is 6.02. The predicted molar refractivity (Wildman–Crippen MR) is 153 cm³/mol. The van der Waals surface area contributed by atoms with Crippen LogP contribution in [0.3, 0.4) is 0 Å². The highest BCUT2D eigenvalue weighted by atomic mass is 19.1. The molecule has 3 aromatic rings. The minimum Gasteiger partial charge on any atom is -0.351 e. The normalized spacial score (nSPS) is 14.5. The van der Waals surface area contributed by atoms with E-state index in [0.29, 0.717) is 45.6 Å². The molecule has 0 spiro atoms. The number of H-pyrrole nitrogens is 1. The Hall–Kier alpha value is -3.89. The predicted octanol–water partition coefficient (Wildman–Crippen LogP) is 4.06. The summed E-state index contributed by atoms with van der Waals surface area (Å²) in [6.07, 6.45) is 5.47. The average Bonchev–Trinajstić information content (AvgIpc) is 2.95. The summed E-state index contributed by atoms with van der Waals surface area (Å²) in [4.78, 5) is 22.4. The fourth-order valence-electron chi connectivity index (χ4n) is 5.42. The molecular formula is C30H37FN6O3. The minimum atomic E-state index is -1.84. The number of nitrogens with zero attached hydrogens (tertiary/aromatic N) is 3. The van der Waals surface area contributed by atoms with Crippen molar-refractivity contribution >= 4 is 12.2 Å². The zero-order valence-electron chi connectivity index (χ0n) is 23.0. The first-order valence-corrected chi connectivity index (χ1v) is 13.7. The fraction of sp³-hybridized carbons (Fsp3) is 0.400. The van der Waals surface area contributed by atoms with Crippen LogP contribution in [0.5, 0.6) is 0 Å². The molecule has 0 saturated heterocycles. The molecule has 4 rings (SSSR count). The van der Waals surface area contributed by atoms with Crippen LogP contribution >= 0.6 is 0 Å². The van der Waals surface area contributed by atoms with Crippen LogP contribution in [0.4, 0.5) is 4.39 Å². The van der Waals surface area contributed by atoms with Crippen LogP contribution < -0.4 is 11.2 Å². The number of halogens is 1. The summed E-state index contributed by atoms with van der Waals surface area (Å²) in [7, 11) is 1.39. The molecule has 1 heterocycles. The highest BCUT2D eigenvalue weighted by Gasteiger charge is 2.23. The summed E-state index contributed by atoms with van der Waals surface area (Å²) in [5.41, 5.74) is 3.27. The Bertz CT molecular complexity index is 1500. The van der Waals surface area contributed by atoms with Gasteiger partial charge in [-0.2, -0.15) is 0 Å². The molecule has 40 heavy (non-hydrogen) atoms. The van der Waals surface area contributed by atoms with E-state index >= 15 is 4.39 Å². The van der Waals surface area contributed by atoms with Crippen LogP contribution in [0.2, 0.25) is 0 Å². The number of hydrogen-bond donors (Lipinski definition) is 5. The summed E-state index contributed by atoms with van der Waals surface area (Å²) in [6.45, 7) is 2.01. The van der Waals surface area contributed by atoms with Crippen molar-refractivity contribution in [1.82, 2.24) is 14.5 Å². The number of aromatic amines is 1. The van der Waals surface area contributed by atoms with Crippen molar-refractivity contribution in [3.63, 3.8) is 0 Å². The topological polar surface area (TPSA) is 142 Å². The molecule has 1 aliphatic carbocycles. The molecule has 10 heteroatoms. The molecule has 0 aliphatic heterocycles. The second-order valence-corrected chi connectivity index (χ2v) is 10.2. The third-order valence-corrected chi connectivity index (χ3v) is 7.57. The van der Waals surface area contributed by atoms with Gasteiger partial charge in [0.15, 0.2) is 0 Å². The minimum absolute atomic E-state index is 0.0137. The molecular weight excluding hydrogens is 511 g/mol. The number of hydrogen-bond acceptors (Lipinski definition) is 5. The number of aryl methyl sites for hydroxylation is 1. The van der Waals surface area contributed by atoms with E-state index in [0.717, 1.165) is 49.8 Å². The lowest BCUT2D eigenvalue weighted by atomic mass is 9.94. The van der Waals surface area contributed by atoms with Gasteiger partial charge in [-0.3, -0.25) is 20.2 Å². The molecule has 1 saturated carbocycles. The van der Waals surface area contributed by atoms with Gasteiger partial charge in [-0.1, -0.05) is 69.0 Å². The first kappa shape index (κ1) is 29.1. The number of nitrogens with one attached hydrogen (secondary N) is 3. The number of aliphatic hydroxyl groups excluding tert-OH is 1. The van der Waals surface area contributed by atoms with Gasteiger partial charge in [0, 0.05) is 36.3 Å². The maximum absolute atomic E-state index is 15.6. The summed E-state index contributed by atoms with van der Waals surface area (Å²) < 4.78 is 17.3. The van der Waals surface area contributed by atoms with Crippen LogP contribution in [-0.4, -0.2) is 50.3 Å². The van der Waals surface area contributed by atoms with Gasteiger partial charge in [0.05, 0.1) is 0 Å². The Morgan fingerprint density at radius 1 is 1.23 bits per heavy atom. The molecule has 1 aliphatic rings. The fourth-order valence-corrected chi connectivity index (χ4v) is 5.42. The maximum atomic E-state index is 15.6. The molecule has 1 fully saturated rings. The van der Waals surface area contributed by atoms with Crippen molar-refractivity contribution in [3.8, 4) is 11.1 Å². The summed E-state index contributed by atoms with van der Waals surface area (Å²) in [5, 5.41) is 34.9. The molecule has 9 nitrogen and oxygen atoms in total. The van der Waals surface area contributed by atoms with E-state index < -0.39 is 12.2 Å². The standard InChI is InChI=1S/C30H37FN6O3/c1-3-9-26-24(28(38)37(29(35-26)34-18-32)21-10-5-4-6-11-21)16-20-15-14-19(17-25(20)31)22-12-7-8-13-23(22)27(33)36(2)30(39)40/h7-8,12-15,17-18,21,30,33,39-40H,3-6,9-11,16H2,1-2H3,(H2,32,34,35). The molecule has 0 atom stereocenters. The number of rotatable bonds is 9. The number of aromatic nitrogens is 2. The Kier molecular flexibility index (Phi) is 9.44. The van der Waals surface area contributed by atoms with Crippen molar-refractivity contribution in [2.75, 3.05) is 7.05 Å². The lowest BCUT2D eigenvalue weighted by molar-refractivity contribution is -0.115. The van der Waals surface area contributed by atoms with Crippen molar-refractivity contribution < 1.29 is 14.6 Å². The van der Waals surface area contributed by atoms with Crippen molar-refractivity contribution in [1.29, 1.82) is 10.8 Å². The van der Waals surface area contributed by atoms with E-state index in [2.05, 4.69) is 9.98 Å². The third kappa shape index (κ3) is 6.13. The van der Waals surface area contributed by atoms with Gasteiger partial charge in [0.25, 0.3) is 5.56 Å². The second kappa shape index (κ2) is 13.0. The monoisotopic (exact) mass is 548 g/mol. The largest absolute Gasteiger partial charge is 0.351 e. The van der Waals surface area contributed by atoms with Crippen molar-refractivity contribution in [3.05, 3.63) is 86.6 Å². The van der Waals surface area contributed by atoms with E-state index in [1.807, 2.05) is 6.92 Å². The summed E-state index contributed by atoms with van der Waals surface area (Å²) in [5.74, 6) is -0.595. The Morgan fingerprint density at radius 2 is 1.95 bits per heavy atom. The van der Waals surface area contributed by atoms with Gasteiger partial charge < -0.3 is 20.1 Å². The highest BCUT2D eigenvalue weighted by Crippen LogP contribution is 2.29. The van der Waals surface area contributed by atoms with E-state index in [9.17, 15) is 15.0 Å². The molecule has 1 aromatic heterocycles. The van der Waals surface area contributed by atoms with Crippen LogP contribution in [-0.2, 0) is 12.8 Å². The van der Waals surface area contributed by atoms with Crippen molar-refractivity contribution in [2.24, 2.45) is 4.99 Å². The zero-order valence-corrected chi connectivity index (χ0v) is 23.0. The SMILES string of the molecule is CCCc1[nH]/c(=N\C=N)n(C2CCCCC2)c(=O)c1Cc1ccc(-c2ccccc2C(=N)N(C)C(O)O)cc1F. The number of aliphatic hydroxyl groups is 2. The Labute approximate surface area is 232 Å². The third-order valence-electron chi connectivity index (χ3n) is 7.57. The van der Waals surface area contributed by atoms with Crippen molar-refractivity contribution in [2.45, 2.75) is 70.7 Å². The quantitative estimate of drug-likeness (QED) is 0.156. The Balaban J connectivity index is 1.76. The molecule has 212 valence electrons. The molecule has 0 amide bonds. The van der Waals surface area contributed by atoms with Crippen LogP contribution in [0.25, 0.3) is 11.1 Å². The van der Waals surface area contributed by atoms with Gasteiger partial charge in [-0.05, 0) is 42.0 Å². The van der Waals surface area contributed by atoms with Gasteiger partial charge in [0.1, 0.15) is 18.0 Å². The number of amidine groups is 1. The lowest BCUT2D eigenvalue weighted by Gasteiger charge is -2.25. The smallest absolute Gasteiger partial charge is 0.258 e. The Morgan fingerprint density at radius 3 is 2.60 bits per heavy atom. The average molecular weight is 549 g/mol. The van der Waals surface area contributed by atoms with E-state index in [4.69, 9.17) is 10.8 Å². The van der Waals surface area contributed by atoms with Crippen LogP contribution in [0.15, 0.2) is 52.3 Å². The molecule has 0 bridgehead atoms. The maximum Gasteiger partial charge on any atom is 0.258 e. The molecule has 0 unspecified atom stereocenters. The lowest BCUT2D eigenvalue weighted by Crippen LogP contribution is -2.42.